The third-order valence-corrected chi connectivity index (χ3v) is 4.30. The van der Waals surface area contributed by atoms with E-state index in [0.29, 0.717) is 16.9 Å². The van der Waals surface area contributed by atoms with Crippen LogP contribution in [0.15, 0.2) is 22.7 Å². The molecule has 104 valence electrons. The summed E-state index contributed by atoms with van der Waals surface area (Å²) in [5, 5.41) is 3.35. The average molecular weight is 329 g/mol. The van der Waals surface area contributed by atoms with Crippen molar-refractivity contribution in [3.8, 4) is 0 Å². The highest BCUT2D eigenvalue weighted by molar-refractivity contribution is 9.10. The van der Waals surface area contributed by atoms with Crippen LogP contribution >= 0.6 is 15.9 Å². The molecule has 1 aliphatic rings. The van der Waals surface area contributed by atoms with Crippen molar-refractivity contribution in [1.82, 2.24) is 10.2 Å². The fourth-order valence-electron chi connectivity index (χ4n) is 2.33. The van der Waals surface area contributed by atoms with Gasteiger partial charge in [0.2, 0.25) is 5.91 Å². The Hall–Kier alpha value is -0.940. The van der Waals surface area contributed by atoms with Crippen LogP contribution in [0.1, 0.15) is 19.4 Å². The smallest absolute Gasteiger partial charge is 0.227 e. The van der Waals surface area contributed by atoms with E-state index in [1.807, 2.05) is 4.90 Å². The van der Waals surface area contributed by atoms with Crippen LogP contribution in [0.3, 0.4) is 0 Å². The Morgan fingerprint density at radius 1 is 1.53 bits per heavy atom. The second-order valence-corrected chi connectivity index (χ2v) is 5.85. The maximum Gasteiger partial charge on any atom is 0.227 e. The number of rotatable bonds is 2. The average Bonchev–Trinajstić information content (AvgIpc) is 2.37. The summed E-state index contributed by atoms with van der Waals surface area (Å²) < 4.78 is 13.6. The number of nitrogens with one attached hydrogen (secondary N) is 1. The molecule has 0 spiro atoms. The topological polar surface area (TPSA) is 32.3 Å². The molecule has 1 N–H and O–H groups in total. The number of hydrogen-bond acceptors (Lipinski definition) is 2. The fraction of sp³-hybridized carbons (Fsp3) is 0.500. The number of carbonyl (C=O) groups is 1. The Bertz CT molecular complexity index is 481. The van der Waals surface area contributed by atoms with Gasteiger partial charge in [0.05, 0.1) is 10.9 Å². The van der Waals surface area contributed by atoms with Crippen molar-refractivity contribution in [3.05, 3.63) is 34.1 Å². The molecule has 1 heterocycles. The van der Waals surface area contributed by atoms with Gasteiger partial charge < -0.3 is 10.2 Å². The van der Waals surface area contributed by atoms with Crippen LogP contribution in [0.2, 0.25) is 0 Å². The largest absolute Gasteiger partial charge is 0.337 e. The van der Waals surface area contributed by atoms with E-state index in [0.717, 1.165) is 18.7 Å². The first kappa shape index (κ1) is 14.5. The Kier molecular flexibility index (Phi) is 4.58. The lowest BCUT2D eigenvalue weighted by Gasteiger charge is -2.38. The van der Waals surface area contributed by atoms with Gasteiger partial charge in [0.15, 0.2) is 0 Å². The van der Waals surface area contributed by atoms with E-state index < -0.39 is 0 Å². The third kappa shape index (κ3) is 3.34. The van der Waals surface area contributed by atoms with E-state index >= 15 is 0 Å². The van der Waals surface area contributed by atoms with E-state index in [1.165, 1.54) is 6.07 Å². The van der Waals surface area contributed by atoms with E-state index in [4.69, 9.17) is 0 Å². The number of hydrogen-bond donors (Lipinski definition) is 1. The van der Waals surface area contributed by atoms with Crippen LogP contribution in [0, 0.1) is 5.82 Å². The molecule has 3 nitrogen and oxygen atoms in total. The molecule has 1 saturated heterocycles. The highest BCUT2D eigenvalue weighted by atomic mass is 79.9. The van der Waals surface area contributed by atoms with Gasteiger partial charge in [-0.25, -0.2) is 4.39 Å². The Labute approximate surface area is 121 Å². The van der Waals surface area contributed by atoms with E-state index in [9.17, 15) is 9.18 Å². The number of halogens is 2. The van der Waals surface area contributed by atoms with E-state index in [2.05, 4.69) is 35.1 Å². The molecule has 0 aromatic heterocycles. The van der Waals surface area contributed by atoms with Crippen LogP contribution < -0.4 is 5.32 Å². The van der Waals surface area contributed by atoms with Crippen LogP contribution in [0.5, 0.6) is 0 Å². The fourth-order valence-corrected chi connectivity index (χ4v) is 2.76. The molecule has 1 aliphatic heterocycles. The minimum atomic E-state index is -0.305. The van der Waals surface area contributed by atoms with Crippen LogP contribution in [0.25, 0.3) is 0 Å². The van der Waals surface area contributed by atoms with Gasteiger partial charge >= 0.3 is 0 Å². The SMILES string of the molecule is CC1NCCN(C(=O)Cc2ccc(F)c(Br)c2)C1C. The van der Waals surface area contributed by atoms with Crippen LogP contribution in [-0.2, 0) is 11.2 Å². The zero-order valence-electron chi connectivity index (χ0n) is 11.1. The van der Waals surface area contributed by atoms with Crippen molar-refractivity contribution in [2.45, 2.75) is 32.4 Å². The molecule has 2 atom stereocenters. The molecule has 2 unspecified atom stereocenters. The molecule has 1 aromatic carbocycles. The van der Waals surface area contributed by atoms with Gasteiger partial charge in [-0.1, -0.05) is 6.07 Å². The van der Waals surface area contributed by atoms with E-state index in [-0.39, 0.29) is 17.8 Å². The minimum Gasteiger partial charge on any atom is -0.337 e. The van der Waals surface area contributed by atoms with Crippen molar-refractivity contribution in [1.29, 1.82) is 0 Å². The summed E-state index contributed by atoms with van der Waals surface area (Å²) in [6, 6.07) is 5.21. The van der Waals surface area contributed by atoms with Crippen molar-refractivity contribution in [2.24, 2.45) is 0 Å². The van der Waals surface area contributed by atoms with Crippen molar-refractivity contribution >= 4 is 21.8 Å². The number of benzene rings is 1. The monoisotopic (exact) mass is 328 g/mol. The molecular formula is C14H18BrFN2O. The van der Waals surface area contributed by atoms with Crippen molar-refractivity contribution in [3.63, 3.8) is 0 Å². The van der Waals surface area contributed by atoms with Gasteiger partial charge in [0, 0.05) is 25.2 Å². The Balaban J connectivity index is 2.05. The van der Waals surface area contributed by atoms with Crippen LogP contribution in [-0.4, -0.2) is 36.0 Å². The maximum atomic E-state index is 13.2. The third-order valence-electron chi connectivity index (χ3n) is 3.69. The number of piperazine rings is 1. The summed E-state index contributed by atoms with van der Waals surface area (Å²) in [4.78, 5) is 14.2. The molecule has 0 aliphatic carbocycles. The molecule has 0 radical (unpaired) electrons. The van der Waals surface area contributed by atoms with Gasteiger partial charge in [-0.3, -0.25) is 4.79 Å². The van der Waals surface area contributed by atoms with Gasteiger partial charge in [-0.05, 0) is 47.5 Å². The number of amides is 1. The summed E-state index contributed by atoms with van der Waals surface area (Å²) in [7, 11) is 0. The summed E-state index contributed by atoms with van der Waals surface area (Å²) in [6.07, 6.45) is 0.315. The van der Waals surface area contributed by atoms with E-state index in [1.54, 1.807) is 12.1 Å². The highest BCUT2D eigenvalue weighted by Gasteiger charge is 2.27. The molecule has 19 heavy (non-hydrogen) atoms. The van der Waals surface area contributed by atoms with Gasteiger partial charge in [-0.15, -0.1) is 0 Å². The molecule has 1 fully saturated rings. The second kappa shape index (κ2) is 6.01. The summed E-state index contributed by atoms with van der Waals surface area (Å²) in [5.41, 5.74) is 0.830. The molecule has 0 saturated carbocycles. The predicted octanol–water partition coefficient (Wildman–Crippen LogP) is 2.34. The number of carbonyl (C=O) groups excluding carboxylic acids is 1. The predicted molar refractivity (Wildman–Crippen MR) is 76.4 cm³/mol. The molecule has 5 heteroatoms. The van der Waals surface area contributed by atoms with Crippen molar-refractivity contribution in [2.75, 3.05) is 13.1 Å². The first-order valence-corrected chi connectivity index (χ1v) is 7.25. The van der Waals surface area contributed by atoms with Crippen molar-refractivity contribution < 1.29 is 9.18 Å². The zero-order valence-corrected chi connectivity index (χ0v) is 12.7. The van der Waals surface area contributed by atoms with Gasteiger partial charge in [0.25, 0.3) is 0 Å². The Morgan fingerprint density at radius 2 is 2.26 bits per heavy atom. The number of nitrogens with zero attached hydrogens (tertiary/aromatic N) is 1. The maximum absolute atomic E-state index is 13.2. The minimum absolute atomic E-state index is 0.0966. The molecule has 0 bridgehead atoms. The standard InChI is InChI=1S/C14H18BrFN2O/c1-9-10(2)18(6-5-17-9)14(19)8-11-3-4-13(16)12(15)7-11/h3-4,7,9-10,17H,5-6,8H2,1-2H3. The molecule has 1 amide bonds. The first-order chi connectivity index (χ1) is 8.99. The Morgan fingerprint density at radius 3 is 2.95 bits per heavy atom. The van der Waals surface area contributed by atoms with Gasteiger partial charge in [-0.2, -0.15) is 0 Å². The lowest BCUT2D eigenvalue weighted by Crippen LogP contribution is -2.57. The first-order valence-electron chi connectivity index (χ1n) is 6.46. The summed E-state index contributed by atoms with van der Waals surface area (Å²) in [6.45, 7) is 5.69. The lowest BCUT2D eigenvalue weighted by molar-refractivity contribution is -0.134. The van der Waals surface area contributed by atoms with Gasteiger partial charge in [0.1, 0.15) is 5.82 Å². The zero-order chi connectivity index (χ0) is 14.0. The highest BCUT2D eigenvalue weighted by Crippen LogP contribution is 2.18. The lowest BCUT2D eigenvalue weighted by atomic mass is 10.1. The summed E-state index contributed by atoms with van der Waals surface area (Å²) >= 11 is 3.14. The quantitative estimate of drug-likeness (QED) is 0.903. The molecule has 2 rings (SSSR count). The summed E-state index contributed by atoms with van der Waals surface area (Å²) in [5.74, 6) is -0.209. The molecule has 1 aromatic rings. The normalized spacial score (nSPS) is 23.5. The molecular weight excluding hydrogens is 311 g/mol. The second-order valence-electron chi connectivity index (χ2n) is 5.00. The van der Waals surface area contributed by atoms with Crippen LogP contribution in [0.4, 0.5) is 4.39 Å².